The van der Waals surface area contributed by atoms with Crippen molar-refractivity contribution in [2.45, 2.75) is 59.4 Å². The lowest BCUT2D eigenvalue weighted by Crippen LogP contribution is -2.30. The normalized spacial score (nSPS) is 12.8. The smallest absolute Gasteiger partial charge is 0.197 e. The van der Waals surface area contributed by atoms with Gasteiger partial charge in [-0.25, -0.2) is 4.39 Å². The lowest BCUT2D eigenvalue weighted by molar-refractivity contribution is 0.0962. The van der Waals surface area contributed by atoms with Gasteiger partial charge in [0.15, 0.2) is 34.6 Å². The molecule has 0 spiro atoms. The quantitative estimate of drug-likeness (QED) is 0.309. The molecule has 37 heavy (non-hydrogen) atoms. The Hall–Kier alpha value is -3.80. The van der Waals surface area contributed by atoms with Crippen molar-refractivity contribution in [2.75, 3.05) is 26.4 Å². The van der Waals surface area contributed by atoms with Gasteiger partial charge < -0.3 is 24.2 Å². The SMILES string of the molecule is CCOc1cc2c(c(F)c1OCC)C(=N)N(CC(=O)c1cc(OCCCC#N)c(O)c(C(C)(C)C)c1)C2. The van der Waals surface area contributed by atoms with Crippen molar-refractivity contribution in [3.63, 3.8) is 0 Å². The summed E-state index contributed by atoms with van der Waals surface area (Å²) >= 11 is 0. The molecule has 9 heteroatoms. The molecule has 2 aromatic rings. The van der Waals surface area contributed by atoms with Crippen LogP contribution in [0.4, 0.5) is 4.39 Å². The molecule has 1 aliphatic heterocycles. The van der Waals surface area contributed by atoms with Crippen LogP contribution in [0.15, 0.2) is 18.2 Å². The number of fused-ring (bicyclic) bond motifs is 1. The van der Waals surface area contributed by atoms with Crippen LogP contribution in [0.5, 0.6) is 23.0 Å². The van der Waals surface area contributed by atoms with Crippen LogP contribution >= 0.6 is 0 Å². The highest BCUT2D eigenvalue weighted by Crippen LogP contribution is 2.41. The molecule has 1 aliphatic rings. The van der Waals surface area contributed by atoms with Gasteiger partial charge in [0.25, 0.3) is 0 Å². The standard InChI is InChI=1S/C28H34FN3O5/c1-6-35-22-14-18-15-32(27(31)23(18)24(29)26(22)36-7-2)16-20(33)17-12-19(28(3,4)5)25(34)21(13-17)37-11-9-8-10-30/h12-14,31,34H,6-9,11,15-16H2,1-5H3. The minimum absolute atomic E-state index is 0.0347. The Balaban J connectivity index is 1.90. The summed E-state index contributed by atoms with van der Waals surface area (Å²) in [5.41, 5.74) is 1.03. The zero-order chi connectivity index (χ0) is 27.3. The van der Waals surface area contributed by atoms with E-state index >= 15 is 4.39 Å². The summed E-state index contributed by atoms with van der Waals surface area (Å²) in [5, 5.41) is 28.1. The number of ether oxygens (including phenoxy) is 3. The lowest BCUT2D eigenvalue weighted by atomic mass is 9.84. The first-order valence-electron chi connectivity index (χ1n) is 12.4. The monoisotopic (exact) mass is 511 g/mol. The molecular formula is C28H34FN3O5. The van der Waals surface area contributed by atoms with Crippen molar-refractivity contribution in [3.8, 4) is 29.1 Å². The van der Waals surface area contributed by atoms with Gasteiger partial charge in [0.05, 0.1) is 38.0 Å². The van der Waals surface area contributed by atoms with E-state index in [0.29, 0.717) is 36.1 Å². The molecule has 8 nitrogen and oxygen atoms in total. The zero-order valence-corrected chi connectivity index (χ0v) is 22.0. The Bertz CT molecular complexity index is 1230. The van der Waals surface area contributed by atoms with Gasteiger partial charge in [-0.3, -0.25) is 10.2 Å². The van der Waals surface area contributed by atoms with Crippen molar-refractivity contribution in [1.29, 1.82) is 10.7 Å². The number of nitrogens with one attached hydrogen (secondary N) is 1. The number of rotatable bonds is 11. The second kappa shape index (κ2) is 11.5. The molecule has 0 aliphatic carbocycles. The van der Waals surface area contributed by atoms with E-state index in [9.17, 15) is 9.90 Å². The van der Waals surface area contributed by atoms with Crippen molar-refractivity contribution < 1.29 is 28.5 Å². The van der Waals surface area contributed by atoms with E-state index in [-0.39, 0.29) is 66.5 Å². The Morgan fingerprint density at radius 2 is 1.86 bits per heavy atom. The van der Waals surface area contributed by atoms with E-state index in [1.807, 2.05) is 26.8 Å². The van der Waals surface area contributed by atoms with Crippen molar-refractivity contribution in [1.82, 2.24) is 4.90 Å². The number of Topliss-reactive ketones (excluding diaryl/α,β-unsaturated/α-hetero) is 1. The van der Waals surface area contributed by atoms with E-state index in [2.05, 4.69) is 0 Å². The number of hydrogen-bond donors (Lipinski definition) is 2. The molecule has 2 aromatic carbocycles. The summed E-state index contributed by atoms with van der Waals surface area (Å²) in [6.07, 6.45) is 0.802. The third kappa shape index (κ3) is 5.96. The maximum Gasteiger partial charge on any atom is 0.197 e. The predicted molar refractivity (Wildman–Crippen MR) is 137 cm³/mol. The van der Waals surface area contributed by atoms with Crippen molar-refractivity contribution >= 4 is 11.6 Å². The topological polar surface area (TPSA) is 116 Å². The molecule has 0 atom stereocenters. The molecule has 1 heterocycles. The van der Waals surface area contributed by atoms with Gasteiger partial charge >= 0.3 is 0 Å². The highest BCUT2D eigenvalue weighted by molar-refractivity contribution is 6.06. The Morgan fingerprint density at radius 3 is 2.49 bits per heavy atom. The van der Waals surface area contributed by atoms with E-state index in [4.69, 9.17) is 24.9 Å². The first-order chi connectivity index (χ1) is 17.5. The van der Waals surface area contributed by atoms with Gasteiger partial charge in [-0.1, -0.05) is 20.8 Å². The average molecular weight is 512 g/mol. The molecule has 0 fully saturated rings. The number of nitriles is 1. The number of hydrogen-bond acceptors (Lipinski definition) is 7. The van der Waals surface area contributed by atoms with Crippen LogP contribution < -0.4 is 14.2 Å². The maximum atomic E-state index is 15.4. The summed E-state index contributed by atoms with van der Waals surface area (Å²) in [6, 6.07) is 6.82. The molecule has 198 valence electrons. The highest BCUT2D eigenvalue weighted by atomic mass is 19.1. The molecule has 0 aromatic heterocycles. The first-order valence-corrected chi connectivity index (χ1v) is 12.4. The number of benzene rings is 2. The molecule has 0 saturated carbocycles. The fraction of sp³-hybridized carbons (Fsp3) is 0.464. The van der Waals surface area contributed by atoms with Gasteiger partial charge in [-0.15, -0.1) is 0 Å². The molecule has 0 saturated heterocycles. The molecule has 0 amide bonds. The number of carbonyl (C=O) groups excluding carboxylic acids is 1. The third-order valence-corrected chi connectivity index (χ3v) is 6.00. The summed E-state index contributed by atoms with van der Waals surface area (Å²) in [7, 11) is 0. The molecule has 0 bridgehead atoms. The maximum absolute atomic E-state index is 15.4. The summed E-state index contributed by atoms with van der Waals surface area (Å²) in [4.78, 5) is 14.9. The number of phenolic OH excluding ortho intramolecular Hbond substituents is 1. The lowest BCUT2D eigenvalue weighted by Gasteiger charge is -2.24. The summed E-state index contributed by atoms with van der Waals surface area (Å²) in [5.74, 6) is -0.720. The van der Waals surface area contributed by atoms with Gasteiger partial charge in [0, 0.05) is 24.1 Å². The Morgan fingerprint density at radius 1 is 1.16 bits per heavy atom. The molecule has 3 rings (SSSR count). The van der Waals surface area contributed by atoms with Crippen LogP contribution in [0.25, 0.3) is 0 Å². The van der Waals surface area contributed by atoms with Crippen molar-refractivity contribution in [2.24, 2.45) is 0 Å². The van der Waals surface area contributed by atoms with Crippen LogP contribution in [0.2, 0.25) is 0 Å². The number of carbonyl (C=O) groups is 1. The van der Waals surface area contributed by atoms with Crippen LogP contribution in [0.1, 0.15) is 74.5 Å². The van der Waals surface area contributed by atoms with Gasteiger partial charge in [-0.2, -0.15) is 5.26 Å². The molecule has 0 unspecified atom stereocenters. The van der Waals surface area contributed by atoms with Gasteiger partial charge in [0.2, 0.25) is 0 Å². The highest BCUT2D eigenvalue weighted by Gasteiger charge is 2.33. The predicted octanol–water partition coefficient (Wildman–Crippen LogP) is 5.33. The largest absolute Gasteiger partial charge is 0.504 e. The zero-order valence-electron chi connectivity index (χ0n) is 22.0. The van der Waals surface area contributed by atoms with Gasteiger partial charge in [0.1, 0.15) is 5.84 Å². The first kappa shape index (κ1) is 27.8. The fourth-order valence-electron chi connectivity index (χ4n) is 4.21. The van der Waals surface area contributed by atoms with E-state index < -0.39 is 11.2 Å². The Labute approximate surface area is 217 Å². The van der Waals surface area contributed by atoms with Crippen LogP contribution in [-0.2, 0) is 12.0 Å². The molecular weight excluding hydrogens is 477 g/mol. The summed E-state index contributed by atoms with van der Waals surface area (Å²) < 4.78 is 32.1. The Kier molecular flexibility index (Phi) is 8.64. The van der Waals surface area contributed by atoms with Crippen LogP contribution in [-0.4, -0.2) is 48.0 Å². The number of nitrogens with zero attached hydrogens (tertiary/aromatic N) is 2. The van der Waals surface area contributed by atoms with Crippen LogP contribution in [0, 0.1) is 22.6 Å². The van der Waals surface area contributed by atoms with Gasteiger partial charge in [-0.05, 0) is 49.4 Å². The van der Waals surface area contributed by atoms with Crippen LogP contribution in [0.3, 0.4) is 0 Å². The fourth-order valence-corrected chi connectivity index (χ4v) is 4.21. The average Bonchev–Trinajstić information content (AvgIpc) is 3.14. The third-order valence-electron chi connectivity index (χ3n) is 6.00. The number of ketones is 1. The van der Waals surface area contributed by atoms with Crippen molar-refractivity contribution in [3.05, 3.63) is 46.3 Å². The van der Waals surface area contributed by atoms with E-state index in [0.717, 1.165) is 0 Å². The second-order valence-electron chi connectivity index (χ2n) is 9.78. The number of unbranched alkanes of at least 4 members (excludes halogenated alkanes) is 1. The van der Waals surface area contributed by atoms with E-state index in [1.165, 1.54) is 11.0 Å². The molecule has 0 radical (unpaired) electrons. The number of aromatic hydroxyl groups is 1. The molecule has 2 N–H and O–H groups in total. The minimum Gasteiger partial charge on any atom is -0.504 e. The number of amidine groups is 1. The number of halogens is 1. The number of phenols is 1. The summed E-state index contributed by atoms with van der Waals surface area (Å²) in [6.45, 7) is 10.1. The van der Waals surface area contributed by atoms with E-state index in [1.54, 1.807) is 26.0 Å². The second-order valence-corrected chi connectivity index (χ2v) is 9.78. The minimum atomic E-state index is -0.671.